The zero-order valence-electron chi connectivity index (χ0n) is 12.2. The van der Waals surface area contributed by atoms with Crippen molar-refractivity contribution in [3.8, 4) is 5.75 Å². The van der Waals surface area contributed by atoms with E-state index in [1.54, 1.807) is 6.07 Å². The molecule has 0 aromatic heterocycles. The maximum atomic E-state index is 7.50. The first kappa shape index (κ1) is 32.2. The number of para-hydroxylation sites is 2. The molecule has 0 aliphatic rings. The van der Waals surface area contributed by atoms with Crippen LogP contribution in [0.2, 0.25) is 19.6 Å². The molecule has 0 saturated carbocycles. The summed E-state index contributed by atoms with van der Waals surface area (Å²) in [5, 5.41) is 0. The molecule has 8 heteroatoms. The van der Waals surface area contributed by atoms with Gasteiger partial charge in [0.1, 0.15) is 5.75 Å². The molecule has 116 valence electrons. The summed E-state index contributed by atoms with van der Waals surface area (Å²) in [7, 11) is -1.59. The van der Waals surface area contributed by atoms with Crippen LogP contribution in [-0.2, 0) is 35.7 Å². The Bertz CT molecular complexity index is 474. The number of nitrogens with zero attached hydrogens (tertiary/aromatic N) is 1. The second kappa shape index (κ2) is 24.2. The van der Waals surface area contributed by atoms with Crippen molar-refractivity contribution in [3.63, 3.8) is 0 Å². The summed E-state index contributed by atoms with van der Waals surface area (Å²) < 4.78 is 35.7. The van der Waals surface area contributed by atoms with Crippen LogP contribution in [0.1, 0.15) is 0 Å². The summed E-state index contributed by atoms with van der Waals surface area (Å²) in [5.41, 5.74) is 0.602. The number of hydrogen-bond donors (Lipinski definition) is 0. The van der Waals surface area contributed by atoms with Crippen molar-refractivity contribution < 1.29 is 40.1 Å². The molecule has 1 rings (SSSR count). The monoisotopic (exact) mass is 359 g/mol. The summed E-state index contributed by atoms with van der Waals surface area (Å²) in [6, 6.07) is 7.38. The first-order valence-corrected chi connectivity index (χ1v) is 8.41. The average molecular weight is 359 g/mol. The minimum Gasteiger partial charge on any atom is 0 e. The molecule has 0 radical (unpaired) electrons. The van der Waals surface area contributed by atoms with Crippen LogP contribution in [-0.4, -0.2) is 8.32 Å². The van der Waals surface area contributed by atoms with Crippen molar-refractivity contribution in [1.29, 1.82) is 0 Å². The van der Waals surface area contributed by atoms with Crippen LogP contribution in [0, 0.1) is 33.2 Å². The third-order valence-corrected chi connectivity index (χ3v) is 2.23. The van der Waals surface area contributed by atoms with Crippen molar-refractivity contribution in [3.05, 3.63) is 62.3 Å². The summed E-state index contributed by atoms with van der Waals surface area (Å²) in [4.78, 5) is 3.40. The van der Waals surface area contributed by atoms with Gasteiger partial charge < -0.3 is 4.43 Å². The fraction of sp³-hybridized carbons (Fsp3) is 0.214. The molecule has 0 aliphatic heterocycles. The van der Waals surface area contributed by atoms with Gasteiger partial charge in [-0.15, -0.1) is 0 Å². The largest absolute Gasteiger partial charge is 0 e. The second-order valence-electron chi connectivity index (χ2n) is 3.79. The van der Waals surface area contributed by atoms with Gasteiger partial charge in [-0.3, -0.25) is 0 Å². The van der Waals surface area contributed by atoms with E-state index in [1.165, 1.54) is 0 Å². The molecule has 0 heterocycles. The summed E-state index contributed by atoms with van der Waals surface area (Å²) >= 11 is 0. The van der Waals surface area contributed by atoms with E-state index in [9.17, 15) is 0 Å². The van der Waals surface area contributed by atoms with Gasteiger partial charge in [0, 0.05) is 17.1 Å². The molecule has 0 unspecified atom stereocenters. The SMILES string of the molecule is [C-]#[N+]c1ccccc1O[Si](C)(C)C.[C-]#[O+].[C-]#[O+].[C-]#[O+].[C-]#[O+].[Fe]. The van der Waals surface area contributed by atoms with Gasteiger partial charge in [0.15, 0.2) is 0 Å². The first-order chi connectivity index (χ1) is 10.0. The standard InChI is InChI=1S/C10H13NOSi.4CO.Fe/c1-11-9-7-5-6-8-10(9)12-13(2,3)4;4*1-2;/h5-8H,2-4H3;;;;;. The molecule has 0 bridgehead atoms. The maximum absolute atomic E-state index is 7.50. The predicted octanol–water partition coefficient (Wildman–Crippen LogP) is 3.30. The maximum Gasteiger partial charge on any atom is 0 e. The minimum absolute atomic E-state index is 0. The smallest absolute Gasteiger partial charge is 0 e. The molecule has 0 saturated heterocycles. The van der Waals surface area contributed by atoms with E-state index in [-0.39, 0.29) is 17.1 Å². The molecule has 6 nitrogen and oxygen atoms in total. The van der Waals surface area contributed by atoms with E-state index in [0.717, 1.165) is 5.75 Å². The van der Waals surface area contributed by atoms with Crippen LogP contribution in [0.15, 0.2) is 24.3 Å². The Hall–Kier alpha value is -1.79. The van der Waals surface area contributed by atoms with Crippen molar-refractivity contribution in [2.24, 2.45) is 0 Å². The Morgan fingerprint density at radius 1 is 0.864 bits per heavy atom. The minimum atomic E-state index is -1.59. The Morgan fingerprint density at radius 3 is 1.55 bits per heavy atom. The Kier molecular flexibility index (Phi) is 35.5. The van der Waals surface area contributed by atoms with Crippen molar-refractivity contribution in [1.82, 2.24) is 0 Å². The molecular formula is C14H13FeNO5Si. The Labute approximate surface area is 142 Å². The summed E-state index contributed by atoms with van der Waals surface area (Å²) in [6.07, 6.45) is 0. The third-order valence-electron chi connectivity index (χ3n) is 1.40. The van der Waals surface area contributed by atoms with Crippen molar-refractivity contribution >= 4 is 14.0 Å². The normalized spacial score (nSPS) is 6.64. The van der Waals surface area contributed by atoms with Gasteiger partial charge >= 0.3 is 45.2 Å². The molecule has 1 aromatic carbocycles. The quantitative estimate of drug-likeness (QED) is 0.452. The number of rotatable bonds is 2. The predicted molar refractivity (Wildman–Crippen MR) is 72.4 cm³/mol. The average Bonchev–Trinajstić information content (AvgIpc) is 2.54. The van der Waals surface area contributed by atoms with Crippen LogP contribution >= 0.6 is 0 Å². The van der Waals surface area contributed by atoms with E-state index < -0.39 is 8.32 Å². The van der Waals surface area contributed by atoms with Crippen LogP contribution in [0.5, 0.6) is 5.75 Å². The second-order valence-corrected chi connectivity index (χ2v) is 8.22. The van der Waals surface area contributed by atoms with Crippen molar-refractivity contribution in [2.45, 2.75) is 19.6 Å². The first-order valence-electron chi connectivity index (χ1n) is 5.00. The fourth-order valence-corrected chi connectivity index (χ4v) is 1.80. The number of benzene rings is 1. The molecular weight excluding hydrogens is 346 g/mol. The van der Waals surface area contributed by atoms with Gasteiger partial charge in [-0.2, -0.15) is 0 Å². The summed E-state index contributed by atoms with van der Waals surface area (Å²) in [6.45, 7) is 31.3. The van der Waals surface area contributed by atoms with E-state index in [1.807, 2.05) is 18.2 Å². The Morgan fingerprint density at radius 2 is 1.23 bits per heavy atom. The van der Waals surface area contributed by atoms with E-state index in [4.69, 9.17) is 29.6 Å². The summed E-state index contributed by atoms with van der Waals surface area (Å²) in [5.74, 6) is 0.719. The molecule has 0 fully saturated rings. The van der Waals surface area contributed by atoms with Gasteiger partial charge in [0.05, 0.1) is 6.57 Å². The topological polar surface area (TPSA) is 93.2 Å². The van der Waals surface area contributed by atoms with Gasteiger partial charge in [-0.05, 0) is 25.7 Å². The van der Waals surface area contributed by atoms with E-state index >= 15 is 0 Å². The molecule has 22 heavy (non-hydrogen) atoms. The van der Waals surface area contributed by atoms with Crippen LogP contribution in [0.4, 0.5) is 5.69 Å². The van der Waals surface area contributed by atoms with Crippen LogP contribution < -0.4 is 4.43 Å². The molecule has 0 aliphatic carbocycles. The Balaban J connectivity index is -0.0000000932. The zero-order chi connectivity index (χ0) is 17.9. The molecule has 1 aromatic rings. The van der Waals surface area contributed by atoms with Gasteiger partial charge in [-0.1, -0.05) is 18.2 Å². The van der Waals surface area contributed by atoms with Gasteiger partial charge in [0.2, 0.25) is 14.0 Å². The fourth-order valence-electron chi connectivity index (χ4n) is 0.966. The third kappa shape index (κ3) is 20.5. The van der Waals surface area contributed by atoms with Gasteiger partial charge in [0.25, 0.3) is 0 Å². The van der Waals surface area contributed by atoms with E-state index in [0.29, 0.717) is 5.69 Å². The van der Waals surface area contributed by atoms with Crippen LogP contribution in [0.3, 0.4) is 0 Å². The van der Waals surface area contributed by atoms with Gasteiger partial charge in [-0.25, -0.2) is 4.85 Å². The molecule has 0 atom stereocenters. The van der Waals surface area contributed by atoms with E-state index in [2.05, 4.69) is 51.1 Å². The molecule has 0 N–H and O–H groups in total. The molecule has 0 spiro atoms. The van der Waals surface area contributed by atoms with Crippen LogP contribution in [0.25, 0.3) is 4.85 Å². The molecule has 0 amide bonds. The zero-order valence-corrected chi connectivity index (χ0v) is 14.3. The van der Waals surface area contributed by atoms with Crippen molar-refractivity contribution in [2.75, 3.05) is 0 Å². The number of hydrogen-bond acceptors (Lipinski definition) is 1.